The Kier molecular flexibility index (Phi) is 4.71. The SMILES string of the molecule is C[C@H](NC(=O)c1ccccc1SC(F)F)[C@H]1C[C@H]2CC[C@H]1C2. The largest absolute Gasteiger partial charge is 0.349 e. The number of benzene rings is 1. The van der Waals surface area contributed by atoms with Crippen molar-refractivity contribution in [3.8, 4) is 0 Å². The van der Waals surface area contributed by atoms with E-state index in [1.165, 1.54) is 25.7 Å². The molecule has 1 N–H and O–H groups in total. The summed E-state index contributed by atoms with van der Waals surface area (Å²) in [6, 6.07) is 6.70. The lowest BCUT2D eigenvalue weighted by Gasteiger charge is -2.28. The summed E-state index contributed by atoms with van der Waals surface area (Å²) in [5.74, 6) is -0.657. The number of fused-ring (bicyclic) bond motifs is 2. The molecule has 0 spiro atoms. The molecule has 0 unspecified atom stereocenters. The van der Waals surface area contributed by atoms with E-state index in [1.807, 2.05) is 6.92 Å². The second-order valence-corrected chi connectivity index (χ2v) is 7.51. The van der Waals surface area contributed by atoms with E-state index in [4.69, 9.17) is 0 Å². The maximum Gasteiger partial charge on any atom is 0.288 e. The molecule has 2 aliphatic rings. The maximum absolute atomic E-state index is 12.6. The van der Waals surface area contributed by atoms with Crippen molar-refractivity contribution in [1.82, 2.24) is 5.32 Å². The van der Waals surface area contributed by atoms with Gasteiger partial charge >= 0.3 is 0 Å². The fourth-order valence-corrected chi connectivity index (χ4v) is 4.79. The van der Waals surface area contributed by atoms with E-state index >= 15 is 0 Å². The lowest BCUT2D eigenvalue weighted by atomic mass is 9.84. The van der Waals surface area contributed by atoms with Gasteiger partial charge in [-0.1, -0.05) is 30.3 Å². The van der Waals surface area contributed by atoms with Gasteiger partial charge < -0.3 is 5.32 Å². The Bertz CT molecular complexity index is 551. The predicted molar refractivity (Wildman–Crippen MR) is 84.2 cm³/mol. The molecule has 1 aromatic rings. The van der Waals surface area contributed by atoms with Crippen LogP contribution in [0.5, 0.6) is 0 Å². The molecule has 2 nitrogen and oxygen atoms in total. The molecule has 22 heavy (non-hydrogen) atoms. The zero-order chi connectivity index (χ0) is 15.7. The van der Waals surface area contributed by atoms with Gasteiger partial charge in [-0.2, -0.15) is 8.78 Å². The average molecular weight is 325 g/mol. The third kappa shape index (κ3) is 3.29. The van der Waals surface area contributed by atoms with Gasteiger partial charge in [0.2, 0.25) is 0 Å². The normalized spacial score (nSPS) is 28.1. The molecule has 0 aliphatic heterocycles. The van der Waals surface area contributed by atoms with E-state index in [9.17, 15) is 13.6 Å². The first-order valence-electron chi connectivity index (χ1n) is 7.89. The zero-order valence-corrected chi connectivity index (χ0v) is 13.4. The summed E-state index contributed by atoms with van der Waals surface area (Å²) in [6.45, 7) is 2.05. The highest BCUT2D eigenvalue weighted by Gasteiger charge is 2.42. The minimum Gasteiger partial charge on any atom is -0.349 e. The van der Waals surface area contributed by atoms with Crippen molar-refractivity contribution in [2.45, 2.75) is 49.3 Å². The van der Waals surface area contributed by atoms with Gasteiger partial charge in [-0.3, -0.25) is 4.79 Å². The lowest BCUT2D eigenvalue weighted by Crippen LogP contribution is -2.40. The van der Waals surface area contributed by atoms with Crippen LogP contribution in [0, 0.1) is 17.8 Å². The summed E-state index contributed by atoms with van der Waals surface area (Å²) < 4.78 is 25.2. The van der Waals surface area contributed by atoms with Gasteiger partial charge in [0.1, 0.15) is 0 Å². The highest BCUT2D eigenvalue weighted by molar-refractivity contribution is 7.99. The summed E-state index contributed by atoms with van der Waals surface area (Å²) in [5.41, 5.74) is 0.350. The number of halogens is 2. The highest BCUT2D eigenvalue weighted by atomic mass is 32.2. The van der Waals surface area contributed by atoms with Crippen LogP contribution in [0.4, 0.5) is 8.78 Å². The predicted octanol–water partition coefficient (Wildman–Crippen LogP) is 4.56. The number of hydrogen-bond acceptors (Lipinski definition) is 2. The van der Waals surface area contributed by atoms with Gasteiger partial charge in [0, 0.05) is 10.9 Å². The van der Waals surface area contributed by atoms with Crippen molar-refractivity contribution in [2.75, 3.05) is 0 Å². The average Bonchev–Trinajstić information content (AvgIpc) is 3.09. The van der Waals surface area contributed by atoms with E-state index in [2.05, 4.69) is 5.32 Å². The van der Waals surface area contributed by atoms with Crippen LogP contribution in [-0.2, 0) is 0 Å². The summed E-state index contributed by atoms with van der Waals surface area (Å²) in [7, 11) is 0. The summed E-state index contributed by atoms with van der Waals surface area (Å²) >= 11 is 0.431. The molecule has 1 amide bonds. The molecule has 1 aromatic carbocycles. The molecule has 2 fully saturated rings. The van der Waals surface area contributed by atoms with Gasteiger partial charge in [0.15, 0.2) is 0 Å². The maximum atomic E-state index is 12.6. The summed E-state index contributed by atoms with van der Waals surface area (Å²) in [4.78, 5) is 12.8. The molecule has 2 aliphatic carbocycles. The molecule has 4 atom stereocenters. The topological polar surface area (TPSA) is 29.1 Å². The van der Waals surface area contributed by atoms with E-state index in [1.54, 1.807) is 24.3 Å². The number of nitrogens with one attached hydrogen (secondary N) is 1. The number of thioether (sulfide) groups is 1. The quantitative estimate of drug-likeness (QED) is 0.804. The van der Waals surface area contributed by atoms with Crippen LogP contribution in [0.3, 0.4) is 0 Å². The first-order chi connectivity index (χ1) is 10.5. The Balaban J connectivity index is 1.67. The second-order valence-electron chi connectivity index (χ2n) is 6.48. The van der Waals surface area contributed by atoms with Crippen LogP contribution in [0.15, 0.2) is 29.2 Å². The standard InChI is InChI=1S/C17H21F2NOS/c1-10(14-9-11-6-7-12(14)8-11)20-16(21)13-4-2-3-5-15(13)22-17(18)19/h2-5,10-12,14,17H,6-9H2,1H3,(H,20,21)/t10-,11-,12-,14+/m0/s1. The molecule has 3 rings (SSSR count). The van der Waals surface area contributed by atoms with Crippen molar-refractivity contribution in [1.29, 1.82) is 0 Å². The van der Waals surface area contributed by atoms with Crippen LogP contribution >= 0.6 is 11.8 Å². The fraction of sp³-hybridized carbons (Fsp3) is 0.588. The van der Waals surface area contributed by atoms with E-state index in [0.29, 0.717) is 28.1 Å². The first-order valence-corrected chi connectivity index (χ1v) is 8.77. The Morgan fingerprint density at radius 1 is 1.27 bits per heavy atom. The third-order valence-corrected chi connectivity index (χ3v) is 5.93. The van der Waals surface area contributed by atoms with Crippen LogP contribution in [0.25, 0.3) is 0 Å². The Morgan fingerprint density at radius 2 is 2.05 bits per heavy atom. The Labute approximate surface area is 134 Å². The van der Waals surface area contributed by atoms with Gasteiger partial charge in [-0.25, -0.2) is 0 Å². The monoisotopic (exact) mass is 325 g/mol. The van der Waals surface area contributed by atoms with Crippen LogP contribution in [0.2, 0.25) is 0 Å². The van der Waals surface area contributed by atoms with Gasteiger partial charge in [-0.15, -0.1) is 0 Å². The summed E-state index contributed by atoms with van der Waals surface area (Å²) in [5, 5.41) is 3.04. The number of alkyl halides is 2. The molecule has 2 bridgehead atoms. The summed E-state index contributed by atoms with van der Waals surface area (Å²) in [6.07, 6.45) is 5.09. The third-order valence-electron chi connectivity index (χ3n) is 5.14. The zero-order valence-electron chi connectivity index (χ0n) is 12.6. The van der Waals surface area contributed by atoms with Crippen molar-refractivity contribution in [2.24, 2.45) is 17.8 Å². The fourth-order valence-electron chi connectivity index (χ4n) is 4.15. The van der Waals surface area contributed by atoms with Crippen molar-refractivity contribution in [3.05, 3.63) is 29.8 Å². The second kappa shape index (κ2) is 6.57. The molecular weight excluding hydrogens is 304 g/mol. The highest BCUT2D eigenvalue weighted by Crippen LogP contribution is 2.49. The molecule has 0 radical (unpaired) electrons. The van der Waals surface area contributed by atoms with Crippen LogP contribution < -0.4 is 5.32 Å². The molecule has 0 aromatic heterocycles. The number of rotatable bonds is 5. The number of carbonyl (C=O) groups is 1. The van der Waals surface area contributed by atoms with E-state index in [0.717, 1.165) is 11.8 Å². The lowest BCUT2D eigenvalue weighted by molar-refractivity contribution is 0.0912. The number of hydrogen-bond donors (Lipinski definition) is 1. The minimum absolute atomic E-state index is 0.104. The van der Waals surface area contributed by atoms with E-state index in [-0.39, 0.29) is 11.9 Å². The minimum atomic E-state index is -2.52. The smallest absolute Gasteiger partial charge is 0.288 e. The van der Waals surface area contributed by atoms with E-state index < -0.39 is 5.76 Å². The van der Waals surface area contributed by atoms with Crippen molar-refractivity contribution < 1.29 is 13.6 Å². The van der Waals surface area contributed by atoms with Gasteiger partial charge in [0.05, 0.1) is 5.56 Å². The van der Waals surface area contributed by atoms with Crippen LogP contribution in [-0.4, -0.2) is 17.7 Å². The molecule has 0 heterocycles. The first kappa shape index (κ1) is 15.8. The Morgan fingerprint density at radius 3 is 2.68 bits per heavy atom. The molecule has 120 valence electrons. The number of amides is 1. The Hall–Kier alpha value is -1.10. The molecule has 5 heteroatoms. The number of carbonyl (C=O) groups excluding carboxylic acids is 1. The van der Waals surface area contributed by atoms with Crippen molar-refractivity contribution >= 4 is 17.7 Å². The molecule has 2 saturated carbocycles. The molecular formula is C17H21F2NOS. The van der Waals surface area contributed by atoms with Gasteiger partial charge in [-0.05, 0) is 56.1 Å². The molecule has 0 saturated heterocycles. The van der Waals surface area contributed by atoms with Crippen molar-refractivity contribution in [3.63, 3.8) is 0 Å². The van der Waals surface area contributed by atoms with Gasteiger partial charge in [0.25, 0.3) is 11.7 Å². The van der Waals surface area contributed by atoms with Crippen LogP contribution in [0.1, 0.15) is 43.0 Å².